The van der Waals surface area contributed by atoms with Gasteiger partial charge in [0.1, 0.15) is 0 Å². The normalized spacial score (nSPS) is 36.3. The lowest BCUT2D eigenvalue weighted by Crippen LogP contribution is -2.50. The van der Waals surface area contributed by atoms with Crippen molar-refractivity contribution in [1.29, 1.82) is 0 Å². The quantitative estimate of drug-likeness (QED) is 0.256. The molecule has 196 valence electrons. The monoisotopic (exact) mass is 486 g/mol. The van der Waals surface area contributed by atoms with E-state index in [9.17, 15) is 19.8 Å². The van der Waals surface area contributed by atoms with E-state index in [0.717, 1.165) is 32.1 Å². The average Bonchev–Trinajstić information content (AvgIpc) is 3.16. The number of aliphatic hydroxyl groups is 1. The lowest BCUT2D eigenvalue weighted by Gasteiger charge is -2.54. The van der Waals surface area contributed by atoms with Gasteiger partial charge >= 0.3 is 11.9 Å². The van der Waals surface area contributed by atoms with Crippen molar-refractivity contribution < 1.29 is 24.9 Å². The second-order valence-corrected chi connectivity index (χ2v) is 12.6. The first-order valence-corrected chi connectivity index (χ1v) is 13.4. The first-order valence-electron chi connectivity index (χ1n) is 13.4. The van der Waals surface area contributed by atoms with E-state index in [1.807, 2.05) is 19.9 Å². The van der Waals surface area contributed by atoms with Crippen LogP contribution in [0.4, 0.5) is 0 Å². The third kappa shape index (κ3) is 5.45. The zero-order valence-corrected chi connectivity index (χ0v) is 22.5. The second-order valence-electron chi connectivity index (χ2n) is 12.6. The molecule has 3 aliphatic carbocycles. The van der Waals surface area contributed by atoms with Gasteiger partial charge in [0.2, 0.25) is 0 Å². The molecule has 1 unspecified atom stereocenters. The largest absolute Gasteiger partial charge is 0.481 e. The smallest absolute Gasteiger partial charge is 0.330 e. The molecule has 0 aromatic heterocycles. The highest BCUT2D eigenvalue weighted by Gasteiger charge is 2.57. The summed E-state index contributed by atoms with van der Waals surface area (Å²) in [6, 6.07) is 0. The van der Waals surface area contributed by atoms with Crippen molar-refractivity contribution in [1.82, 2.24) is 0 Å². The number of allylic oxidation sites excluding steroid dienone is 4. The van der Waals surface area contributed by atoms with E-state index in [0.29, 0.717) is 47.5 Å². The van der Waals surface area contributed by atoms with Crippen LogP contribution in [0.3, 0.4) is 0 Å². The Morgan fingerprint density at radius 2 is 1.94 bits per heavy atom. The summed E-state index contributed by atoms with van der Waals surface area (Å²) in [5.41, 5.74) is 1.85. The molecule has 0 radical (unpaired) electrons. The Morgan fingerprint density at radius 1 is 1.29 bits per heavy atom. The molecule has 5 nitrogen and oxygen atoms in total. The maximum Gasteiger partial charge on any atom is 0.330 e. The van der Waals surface area contributed by atoms with Gasteiger partial charge in [-0.15, -0.1) is 0 Å². The third-order valence-corrected chi connectivity index (χ3v) is 9.81. The lowest BCUT2D eigenvalue weighted by atomic mass is 9.51. The fourth-order valence-electron chi connectivity index (χ4n) is 7.96. The Morgan fingerprint density at radius 3 is 2.51 bits per heavy atom. The number of aliphatic carboxylic acids is 2. The van der Waals surface area contributed by atoms with Crippen LogP contribution in [-0.2, 0) is 9.59 Å². The molecule has 0 aromatic carbocycles. The number of carboxylic acids is 2. The van der Waals surface area contributed by atoms with Gasteiger partial charge < -0.3 is 15.3 Å². The predicted molar refractivity (Wildman–Crippen MR) is 139 cm³/mol. The molecule has 3 aliphatic rings. The molecule has 0 aliphatic heterocycles. The number of hydrogen-bond acceptors (Lipinski definition) is 3. The van der Waals surface area contributed by atoms with E-state index in [2.05, 4.69) is 33.4 Å². The molecule has 2 fully saturated rings. The molecule has 0 heterocycles. The molecule has 3 N–H and O–H groups in total. The van der Waals surface area contributed by atoms with E-state index in [1.165, 1.54) is 11.1 Å². The molecule has 8 atom stereocenters. The second kappa shape index (κ2) is 10.2. The molecule has 0 amide bonds. The highest BCUT2D eigenvalue weighted by atomic mass is 16.4. The predicted octanol–water partition coefficient (Wildman–Crippen LogP) is 6.49. The summed E-state index contributed by atoms with van der Waals surface area (Å²) in [5, 5.41) is 29.7. The van der Waals surface area contributed by atoms with Crippen molar-refractivity contribution in [2.24, 2.45) is 46.8 Å². The number of hydrogen-bond donors (Lipinski definition) is 3. The summed E-state index contributed by atoms with van der Waals surface area (Å²) in [7, 11) is 0. The number of carboxylic acid groups (broad SMARTS) is 2. The van der Waals surface area contributed by atoms with Crippen molar-refractivity contribution in [2.45, 2.75) is 92.1 Å². The fourth-order valence-corrected chi connectivity index (χ4v) is 7.96. The fraction of sp³-hybridized carbons (Fsp3) is 0.733. The molecule has 0 saturated heterocycles. The van der Waals surface area contributed by atoms with Crippen LogP contribution in [0.25, 0.3) is 0 Å². The number of fused-ring (bicyclic) bond motifs is 3. The molecule has 2 saturated carbocycles. The zero-order chi connectivity index (χ0) is 26.3. The number of rotatable bonds is 9. The minimum atomic E-state index is -0.878. The van der Waals surface area contributed by atoms with Crippen molar-refractivity contribution in [3.8, 4) is 0 Å². The Labute approximate surface area is 211 Å². The van der Waals surface area contributed by atoms with Gasteiger partial charge in [-0.05, 0) is 100 Å². The van der Waals surface area contributed by atoms with Crippen LogP contribution in [0.15, 0.2) is 35.5 Å². The van der Waals surface area contributed by atoms with Gasteiger partial charge in [-0.3, -0.25) is 4.79 Å². The Bertz CT molecular complexity index is 906. The van der Waals surface area contributed by atoms with E-state index in [4.69, 9.17) is 5.11 Å². The molecular formula is C30H46O5. The SMILES string of the molecule is C=C1[C@@H]2C=C3[C@H](C2CC[C@@H]1[C@H](C)CC/C=C(/C)C(=O)O)[C@H](C)C[C@@H](C(C)(C)O)[C@]3(C)CCC(=O)O. The van der Waals surface area contributed by atoms with E-state index in [-0.39, 0.29) is 17.8 Å². The maximum absolute atomic E-state index is 11.6. The molecule has 5 heteroatoms. The van der Waals surface area contributed by atoms with Gasteiger partial charge in [-0.1, -0.05) is 50.6 Å². The van der Waals surface area contributed by atoms with E-state index < -0.39 is 17.5 Å². The Balaban J connectivity index is 1.86. The van der Waals surface area contributed by atoms with Crippen molar-refractivity contribution >= 4 is 11.9 Å². The van der Waals surface area contributed by atoms with Crippen molar-refractivity contribution in [2.75, 3.05) is 0 Å². The van der Waals surface area contributed by atoms with Crippen molar-refractivity contribution in [3.63, 3.8) is 0 Å². The van der Waals surface area contributed by atoms with Crippen LogP contribution in [0.2, 0.25) is 0 Å². The van der Waals surface area contributed by atoms with Crippen molar-refractivity contribution in [3.05, 3.63) is 35.5 Å². The van der Waals surface area contributed by atoms with Gasteiger partial charge in [-0.25, -0.2) is 4.79 Å². The van der Waals surface area contributed by atoms with E-state index in [1.54, 1.807) is 6.92 Å². The summed E-state index contributed by atoms with van der Waals surface area (Å²) in [6.45, 7) is 16.8. The summed E-state index contributed by atoms with van der Waals surface area (Å²) >= 11 is 0. The minimum absolute atomic E-state index is 0.0132. The third-order valence-electron chi connectivity index (χ3n) is 9.81. The minimum Gasteiger partial charge on any atom is -0.481 e. The van der Waals surface area contributed by atoms with Crippen LogP contribution < -0.4 is 0 Å². The van der Waals surface area contributed by atoms with Crippen LogP contribution in [0.5, 0.6) is 0 Å². The standard InChI is InChI=1S/C30H46O5/c1-17(9-8-10-18(2)28(33)34)21-11-12-22-23(20(21)4)16-24-27(22)19(3)15-25(29(5,6)35)30(24,7)14-13-26(31)32/h10,16-17,19,21-23,25,27,35H,4,8-9,11-15H2,1-3,5-7H3,(H,31,32)(H,33,34)/b18-10-/t17-,19-,21-,22?,23+,25+,27+,30-/m1/s1. The average molecular weight is 487 g/mol. The molecule has 0 aromatic rings. The molecule has 35 heavy (non-hydrogen) atoms. The lowest BCUT2D eigenvalue weighted by molar-refractivity contribution is -0.139. The summed E-state index contributed by atoms with van der Waals surface area (Å²) in [4.78, 5) is 22.6. The van der Waals surface area contributed by atoms with Crippen LogP contribution in [-0.4, -0.2) is 32.9 Å². The van der Waals surface area contributed by atoms with Gasteiger partial charge in [0.25, 0.3) is 0 Å². The molecular weight excluding hydrogens is 440 g/mol. The van der Waals surface area contributed by atoms with Gasteiger partial charge in [-0.2, -0.15) is 0 Å². The van der Waals surface area contributed by atoms with Crippen LogP contribution in [0.1, 0.15) is 86.5 Å². The van der Waals surface area contributed by atoms with Gasteiger partial charge in [0.15, 0.2) is 0 Å². The van der Waals surface area contributed by atoms with Gasteiger partial charge in [0.05, 0.1) is 5.60 Å². The maximum atomic E-state index is 11.6. The Hall–Kier alpha value is -1.88. The zero-order valence-electron chi connectivity index (χ0n) is 22.5. The van der Waals surface area contributed by atoms with Crippen LogP contribution >= 0.6 is 0 Å². The summed E-state index contributed by atoms with van der Waals surface area (Å²) in [5.74, 6) is 0.906. The summed E-state index contributed by atoms with van der Waals surface area (Å²) < 4.78 is 0. The van der Waals surface area contributed by atoms with E-state index >= 15 is 0 Å². The first-order chi connectivity index (χ1) is 16.2. The topological polar surface area (TPSA) is 94.8 Å². The highest BCUT2D eigenvalue weighted by Crippen LogP contribution is 2.64. The number of carbonyl (C=O) groups is 2. The van der Waals surface area contributed by atoms with Crippen LogP contribution in [0, 0.1) is 46.8 Å². The molecule has 0 spiro atoms. The summed E-state index contributed by atoms with van der Waals surface area (Å²) in [6.07, 6.45) is 9.78. The Kier molecular flexibility index (Phi) is 8.10. The highest BCUT2D eigenvalue weighted by molar-refractivity contribution is 5.85. The molecule has 0 bridgehead atoms. The molecule has 3 rings (SSSR count). The first kappa shape index (κ1) is 27.7. The van der Waals surface area contributed by atoms with Gasteiger partial charge in [0, 0.05) is 17.9 Å².